The number of halogens is 2. The van der Waals surface area contributed by atoms with Crippen LogP contribution in [0.4, 0.5) is 8.78 Å². The number of aryl methyl sites for hydroxylation is 2. The summed E-state index contributed by atoms with van der Waals surface area (Å²) in [7, 11) is 1.41. The fourth-order valence-corrected chi connectivity index (χ4v) is 2.32. The third kappa shape index (κ3) is 3.33. The Labute approximate surface area is 136 Å². The summed E-state index contributed by atoms with van der Waals surface area (Å²) in [5.41, 5.74) is -0.341. The van der Waals surface area contributed by atoms with Gasteiger partial charge >= 0.3 is 0 Å². The number of carbonyl (C=O) groups is 1. The van der Waals surface area contributed by atoms with Crippen molar-refractivity contribution in [2.24, 2.45) is 7.05 Å². The molecule has 1 heterocycles. The smallest absolute Gasteiger partial charge is 0.279 e. The monoisotopic (exact) mass is 337 g/mol. The van der Waals surface area contributed by atoms with Gasteiger partial charge in [0.1, 0.15) is 23.3 Å². The largest absolute Gasteiger partial charge is 0.386 e. The quantitative estimate of drug-likeness (QED) is 0.876. The molecule has 0 spiro atoms. The van der Waals surface area contributed by atoms with Gasteiger partial charge in [-0.15, -0.1) is 0 Å². The third-order valence-corrected chi connectivity index (χ3v) is 3.74. The molecular weight excluding hydrogens is 320 g/mol. The second kappa shape index (κ2) is 6.88. The topological polar surface area (TPSA) is 84.2 Å². The molecule has 1 aromatic heterocycles. The second-order valence-electron chi connectivity index (χ2n) is 5.38. The lowest BCUT2D eigenvalue weighted by molar-refractivity contribution is 0.0908. The summed E-state index contributed by atoms with van der Waals surface area (Å²) in [5, 5.41) is 16.2. The van der Waals surface area contributed by atoms with E-state index in [4.69, 9.17) is 0 Å². The van der Waals surface area contributed by atoms with Crippen LogP contribution in [0.3, 0.4) is 0 Å². The minimum atomic E-state index is -1.58. The van der Waals surface area contributed by atoms with Crippen LogP contribution in [0.1, 0.15) is 33.3 Å². The highest BCUT2D eigenvalue weighted by atomic mass is 19.1. The number of rotatable bonds is 4. The van der Waals surface area contributed by atoms with Gasteiger partial charge in [0.2, 0.25) is 0 Å². The van der Waals surface area contributed by atoms with Crippen molar-refractivity contribution in [1.82, 2.24) is 15.1 Å². The van der Waals surface area contributed by atoms with Crippen LogP contribution in [-0.4, -0.2) is 27.3 Å². The van der Waals surface area contributed by atoms with Crippen molar-refractivity contribution in [3.63, 3.8) is 0 Å². The summed E-state index contributed by atoms with van der Waals surface area (Å²) in [6.07, 6.45) is -1.58. The highest BCUT2D eigenvalue weighted by molar-refractivity contribution is 5.95. The van der Waals surface area contributed by atoms with Crippen LogP contribution < -0.4 is 10.9 Å². The number of aliphatic hydroxyl groups is 1. The molecule has 0 bridgehead atoms. The number of hydrogen-bond acceptors (Lipinski definition) is 4. The van der Waals surface area contributed by atoms with E-state index in [1.54, 1.807) is 13.8 Å². The van der Waals surface area contributed by atoms with Crippen LogP contribution in [0.15, 0.2) is 23.0 Å². The third-order valence-electron chi connectivity index (χ3n) is 3.74. The molecule has 0 aliphatic heterocycles. The molecule has 1 aromatic carbocycles. The van der Waals surface area contributed by atoms with E-state index in [9.17, 15) is 23.5 Å². The Morgan fingerprint density at radius 2 is 1.92 bits per heavy atom. The summed E-state index contributed by atoms with van der Waals surface area (Å²) in [4.78, 5) is 24.3. The first kappa shape index (κ1) is 17.7. The predicted molar refractivity (Wildman–Crippen MR) is 82.6 cm³/mol. The highest BCUT2D eigenvalue weighted by Crippen LogP contribution is 2.20. The van der Waals surface area contributed by atoms with E-state index < -0.39 is 41.3 Å². The number of nitrogens with one attached hydrogen (secondary N) is 1. The first-order valence-corrected chi connectivity index (χ1v) is 7.18. The summed E-state index contributed by atoms with van der Waals surface area (Å²) in [6, 6.07) is 3.19. The fraction of sp³-hybridized carbons (Fsp3) is 0.312. The lowest BCUT2D eigenvalue weighted by Crippen LogP contribution is -2.37. The van der Waals surface area contributed by atoms with Gasteiger partial charge in [0.25, 0.3) is 11.5 Å². The van der Waals surface area contributed by atoms with Gasteiger partial charge in [-0.05, 0) is 31.5 Å². The van der Waals surface area contributed by atoms with Gasteiger partial charge in [-0.3, -0.25) is 9.59 Å². The Balaban J connectivity index is 2.22. The number of nitrogens with zero attached hydrogens (tertiary/aromatic N) is 2. The maximum absolute atomic E-state index is 13.6. The molecular formula is C16H17F2N3O3. The molecule has 8 heteroatoms. The van der Waals surface area contributed by atoms with Gasteiger partial charge in [-0.25, -0.2) is 13.5 Å². The standard InChI is InChI=1S/C16H17F2N3O3/c1-8-9(2)20-21(3)16(24)13(8)15(23)19-7-12(22)14-10(17)5-4-6-11(14)18/h4-6,12,22H,7H2,1-3H3,(H,19,23). The van der Waals surface area contributed by atoms with Gasteiger partial charge in [0.05, 0.1) is 11.3 Å². The van der Waals surface area contributed by atoms with Crippen molar-refractivity contribution < 1.29 is 18.7 Å². The zero-order chi connectivity index (χ0) is 18.0. The van der Waals surface area contributed by atoms with Crippen molar-refractivity contribution in [1.29, 1.82) is 0 Å². The van der Waals surface area contributed by atoms with Gasteiger partial charge in [0, 0.05) is 13.6 Å². The lowest BCUT2D eigenvalue weighted by atomic mass is 10.1. The van der Waals surface area contributed by atoms with Gasteiger partial charge in [0.15, 0.2) is 0 Å². The zero-order valence-electron chi connectivity index (χ0n) is 13.4. The summed E-state index contributed by atoms with van der Waals surface area (Å²) >= 11 is 0. The van der Waals surface area contributed by atoms with Crippen molar-refractivity contribution in [3.05, 3.63) is 62.6 Å². The molecule has 1 atom stereocenters. The first-order chi connectivity index (χ1) is 11.2. The molecule has 1 unspecified atom stereocenters. The second-order valence-corrected chi connectivity index (χ2v) is 5.38. The number of aliphatic hydroxyl groups excluding tert-OH is 1. The van der Waals surface area contributed by atoms with Crippen LogP contribution >= 0.6 is 0 Å². The molecule has 24 heavy (non-hydrogen) atoms. The molecule has 0 aliphatic carbocycles. The fourth-order valence-electron chi connectivity index (χ4n) is 2.32. The summed E-state index contributed by atoms with van der Waals surface area (Å²) in [5.74, 6) is -2.57. The van der Waals surface area contributed by atoms with Crippen LogP contribution in [0.2, 0.25) is 0 Å². The Bertz CT molecular complexity index is 829. The predicted octanol–water partition coefficient (Wildman–Crippen LogP) is 1.14. The van der Waals surface area contributed by atoms with Crippen LogP contribution in [0.5, 0.6) is 0 Å². The molecule has 2 aromatic rings. The minimum absolute atomic E-state index is 0.119. The van der Waals surface area contributed by atoms with Gasteiger partial charge in [-0.1, -0.05) is 6.07 Å². The van der Waals surface area contributed by atoms with Crippen LogP contribution in [-0.2, 0) is 7.05 Å². The van der Waals surface area contributed by atoms with Crippen molar-refractivity contribution in [2.45, 2.75) is 20.0 Å². The number of benzene rings is 1. The van der Waals surface area contributed by atoms with Crippen molar-refractivity contribution >= 4 is 5.91 Å². The van der Waals surface area contributed by atoms with E-state index in [0.717, 1.165) is 16.8 Å². The molecule has 2 N–H and O–H groups in total. The lowest BCUT2D eigenvalue weighted by Gasteiger charge is -2.15. The van der Waals surface area contributed by atoms with Gasteiger partial charge < -0.3 is 10.4 Å². The van der Waals surface area contributed by atoms with E-state index >= 15 is 0 Å². The molecule has 1 amide bonds. The number of hydrogen-bond donors (Lipinski definition) is 2. The average Bonchev–Trinajstić information content (AvgIpc) is 2.51. The number of amides is 1. The average molecular weight is 337 g/mol. The molecule has 128 valence electrons. The van der Waals surface area contributed by atoms with E-state index in [-0.39, 0.29) is 5.56 Å². The van der Waals surface area contributed by atoms with Crippen LogP contribution in [0, 0.1) is 25.5 Å². The van der Waals surface area contributed by atoms with E-state index in [1.165, 1.54) is 13.1 Å². The van der Waals surface area contributed by atoms with Crippen molar-refractivity contribution in [2.75, 3.05) is 6.54 Å². The molecule has 0 radical (unpaired) electrons. The van der Waals surface area contributed by atoms with Crippen LogP contribution in [0.25, 0.3) is 0 Å². The van der Waals surface area contributed by atoms with E-state index in [0.29, 0.717) is 11.3 Å². The zero-order valence-corrected chi connectivity index (χ0v) is 13.4. The van der Waals surface area contributed by atoms with Crippen molar-refractivity contribution in [3.8, 4) is 0 Å². The Kier molecular flexibility index (Phi) is 5.08. The first-order valence-electron chi connectivity index (χ1n) is 7.18. The molecule has 6 nitrogen and oxygen atoms in total. The Morgan fingerprint density at radius 1 is 1.33 bits per heavy atom. The Hall–Kier alpha value is -2.61. The number of carbonyl (C=O) groups excluding carboxylic acids is 1. The highest BCUT2D eigenvalue weighted by Gasteiger charge is 2.21. The minimum Gasteiger partial charge on any atom is -0.386 e. The maximum Gasteiger partial charge on any atom is 0.279 e. The summed E-state index contributed by atoms with van der Waals surface area (Å²) in [6.45, 7) is 2.78. The molecule has 0 saturated heterocycles. The van der Waals surface area contributed by atoms with E-state index in [1.807, 2.05) is 0 Å². The molecule has 0 fully saturated rings. The van der Waals surface area contributed by atoms with Gasteiger partial charge in [-0.2, -0.15) is 5.10 Å². The Morgan fingerprint density at radius 3 is 2.50 bits per heavy atom. The summed E-state index contributed by atoms with van der Waals surface area (Å²) < 4.78 is 28.2. The molecule has 0 aliphatic rings. The number of aromatic nitrogens is 2. The SMILES string of the molecule is Cc1nn(C)c(=O)c(C(=O)NCC(O)c2c(F)cccc2F)c1C. The molecule has 2 rings (SSSR count). The maximum atomic E-state index is 13.6. The normalized spacial score (nSPS) is 12.1. The van der Waals surface area contributed by atoms with E-state index in [2.05, 4.69) is 10.4 Å². The molecule has 0 saturated carbocycles.